The molecule has 23 heavy (non-hydrogen) atoms. The summed E-state index contributed by atoms with van der Waals surface area (Å²) in [7, 11) is -3.47. The van der Waals surface area contributed by atoms with Crippen molar-refractivity contribution in [1.29, 1.82) is 0 Å². The first-order valence-electron chi connectivity index (χ1n) is 6.93. The highest BCUT2D eigenvalue weighted by atomic mass is 35.5. The number of halogens is 2. The largest absolute Gasteiger partial charge is 0.247 e. The molecule has 1 unspecified atom stereocenters. The van der Waals surface area contributed by atoms with Crippen LogP contribution in [-0.2, 0) is 10.0 Å². The summed E-state index contributed by atoms with van der Waals surface area (Å²) in [5.41, 5.74) is 2.43. The molecule has 120 valence electrons. The summed E-state index contributed by atoms with van der Waals surface area (Å²) in [4.78, 5) is 0. The number of sulfonamides is 1. The Morgan fingerprint density at radius 2 is 1.52 bits per heavy atom. The van der Waals surface area contributed by atoms with Crippen molar-refractivity contribution in [3.05, 3.63) is 69.7 Å². The van der Waals surface area contributed by atoms with Gasteiger partial charge in [-0.2, -0.15) is 9.52 Å². The quantitative estimate of drug-likeness (QED) is 0.818. The summed E-state index contributed by atoms with van der Waals surface area (Å²) in [6, 6.07) is 14.0. The fourth-order valence-electron chi connectivity index (χ4n) is 2.54. The number of hydrogen-bond acceptors (Lipinski definition) is 3. The minimum Gasteiger partial charge on any atom is -0.205 e. The van der Waals surface area contributed by atoms with Crippen LogP contribution in [0.1, 0.15) is 23.6 Å². The molecule has 0 spiro atoms. The van der Waals surface area contributed by atoms with Crippen LogP contribution in [0, 0.1) is 0 Å². The Morgan fingerprint density at radius 1 is 1.00 bits per heavy atom. The van der Waals surface area contributed by atoms with Crippen LogP contribution in [0.2, 0.25) is 10.0 Å². The van der Waals surface area contributed by atoms with Gasteiger partial charge in [-0.1, -0.05) is 47.5 Å². The lowest BCUT2D eigenvalue weighted by atomic mass is 9.99. The molecule has 1 heterocycles. The molecule has 3 rings (SSSR count). The summed E-state index contributed by atoms with van der Waals surface area (Å²) < 4.78 is 25.3. The van der Waals surface area contributed by atoms with Crippen molar-refractivity contribution in [2.24, 2.45) is 5.10 Å². The van der Waals surface area contributed by atoms with Gasteiger partial charge in [-0.15, -0.1) is 0 Å². The highest BCUT2D eigenvalue weighted by Gasteiger charge is 2.34. The van der Waals surface area contributed by atoms with E-state index in [1.165, 1.54) is 4.41 Å². The van der Waals surface area contributed by atoms with Gasteiger partial charge < -0.3 is 0 Å². The molecular formula is C16H14Cl2N2O2S. The molecule has 1 aliphatic rings. The lowest BCUT2D eigenvalue weighted by Gasteiger charge is -2.21. The average molecular weight is 369 g/mol. The number of nitrogens with zero attached hydrogens (tertiary/aromatic N) is 2. The zero-order chi connectivity index (χ0) is 16.6. The van der Waals surface area contributed by atoms with Gasteiger partial charge in [-0.05, 0) is 35.4 Å². The Hall–Kier alpha value is -1.56. The van der Waals surface area contributed by atoms with Crippen molar-refractivity contribution >= 4 is 38.9 Å². The van der Waals surface area contributed by atoms with Gasteiger partial charge >= 0.3 is 0 Å². The van der Waals surface area contributed by atoms with Crippen molar-refractivity contribution in [3.8, 4) is 0 Å². The lowest BCUT2D eigenvalue weighted by Crippen LogP contribution is -2.25. The van der Waals surface area contributed by atoms with Gasteiger partial charge in [0.2, 0.25) is 10.0 Å². The fraction of sp³-hybridized carbons (Fsp3) is 0.188. The first-order valence-corrected chi connectivity index (χ1v) is 9.53. The number of benzene rings is 2. The van der Waals surface area contributed by atoms with Crippen molar-refractivity contribution < 1.29 is 8.42 Å². The van der Waals surface area contributed by atoms with E-state index in [0.29, 0.717) is 22.2 Å². The third-order valence-electron chi connectivity index (χ3n) is 3.64. The fourth-order valence-corrected chi connectivity index (χ4v) is 3.70. The molecule has 0 fully saturated rings. The van der Waals surface area contributed by atoms with E-state index in [-0.39, 0.29) is 6.04 Å². The standard InChI is InChI=1S/C16H14Cl2N2O2S/c1-23(21,22)20-16(12-4-8-14(18)9-5-12)10-15(19-20)11-2-6-13(17)7-3-11/h2-9,16H,10H2,1H3. The zero-order valence-electron chi connectivity index (χ0n) is 12.3. The molecule has 7 heteroatoms. The molecule has 4 nitrogen and oxygen atoms in total. The number of rotatable bonds is 3. The summed E-state index contributed by atoms with van der Waals surface area (Å²) >= 11 is 11.8. The Morgan fingerprint density at radius 3 is 2.04 bits per heavy atom. The maximum Gasteiger partial charge on any atom is 0.247 e. The van der Waals surface area contributed by atoms with E-state index in [4.69, 9.17) is 23.2 Å². The average Bonchev–Trinajstić information content (AvgIpc) is 2.94. The first kappa shape index (κ1) is 16.3. The van der Waals surface area contributed by atoms with Gasteiger partial charge in [0.25, 0.3) is 0 Å². The van der Waals surface area contributed by atoms with E-state index in [9.17, 15) is 8.42 Å². The van der Waals surface area contributed by atoms with Gasteiger partial charge in [-0.25, -0.2) is 8.42 Å². The minimum atomic E-state index is -3.47. The summed E-state index contributed by atoms with van der Waals surface area (Å²) in [6.45, 7) is 0. The molecular weight excluding hydrogens is 355 g/mol. The monoisotopic (exact) mass is 368 g/mol. The minimum absolute atomic E-state index is 0.368. The molecule has 0 aliphatic carbocycles. The second kappa shape index (κ2) is 6.15. The van der Waals surface area contributed by atoms with E-state index >= 15 is 0 Å². The maximum atomic E-state index is 12.1. The highest BCUT2D eigenvalue weighted by molar-refractivity contribution is 7.88. The Balaban J connectivity index is 1.99. The van der Waals surface area contributed by atoms with Crippen LogP contribution in [-0.4, -0.2) is 24.8 Å². The molecule has 0 N–H and O–H groups in total. The highest BCUT2D eigenvalue weighted by Crippen LogP contribution is 2.35. The van der Waals surface area contributed by atoms with Crippen LogP contribution in [0.4, 0.5) is 0 Å². The molecule has 1 atom stereocenters. The Kier molecular flexibility index (Phi) is 4.36. The third kappa shape index (κ3) is 3.52. The second-order valence-corrected chi connectivity index (χ2v) is 8.07. The van der Waals surface area contributed by atoms with Gasteiger partial charge in [0, 0.05) is 16.5 Å². The third-order valence-corrected chi connectivity index (χ3v) is 5.16. The predicted molar refractivity (Wildman–Crippen MR) is 93.5 cm³/mol. The van der Waals surface area contributed by atoms with Crippen molar-refractivity contribution in [3.63, 3.8) is 0 Å². The molecule has 0 bridgehead atoms. The van der Waals surface area contributed by atoms with Crippen molar-refractivity contribution in [2.75, 3.05) is 6.26 Å². The summed E-state index contributed by atoms with van der Waals surface area (Å²) in [5.74, 6) is 0. The van der Waals surface area contributed by atoms with Gasteiger partial charge in [0.15, 0.2) is 0 Å². The maximum absolute atomic E-state index is 12.1. The van der Waals surface area contributed by atoms with E-state index < -0.39 is 10.0 Å². The first-order chi connectivity index (χ1) is 10.8. The molecule has 0 radical (unpaired) electrons. The van der Waals surface area contributed by atoms with Crippen LogP contribution in [0.5, 0.6) is 0 Å². The van der Waals surface area contributed by atoms with Gasteiger partial charge in [0.05, 0.1) is 18.0 Å². The smallest absolute Gasteiger partial charge is 0.205 e. The normalized spacial score (nSPS) is 18.1. The van der Waals surface area contributed by atoms with Crippen LogP contribution >= 0.6 is 23.2 Å². The molecule has 0 aromatic heterocycles. The van der Waals surface area contributed by atoms with Crippen LogP contribution in [0.25, 0.3) is 0 Å². The van der Waals surface area contributed by atoms with E-state index in [1.54, 1.807) is 24.3 Å². The lowest BCUT2D eigenvalue weighted by molar-refractivity contribution is 0.375. The number of hydrogen-bond donors (Lipinski definition) is 0. The topological polar surface area (TPSA) is 49.7 Å². The number of hydrazone groups is 1. The van der Waals surface area contributed by atoms with Gasteiger partial charge in [0.1, 0.15) is 0 Å². The Labute approximate surface area is 145 Å². The van der Waals surface area contributed by atoms with Crippen molar-refractivity contribution in [1.82, 2.24) is 4.41 Å². The molecule has 2 aromatic carbocycles. The predicted octanol–water partition coefficient (Wildman–Crippen LogP) is 4.10. The Bertz CT molecular complexity index is 847. The second-order valence-electron chi connectivity index (χ2n) is 5.36. The van der Waals surface area contributed by atoms with E-state index in [2.05, 4.69) is 5.10 Å². The SMILES string of the molecule is CS(=O)(=O)N1N=C(c2ccc(Cl)cc2)CC1c1ccc(Cl)cc1. The summed E-state index contributed by atoms with van der Waals surface area (Å²) in [6.07, 6.45) is 1.65. The van der Waals surface area contributed by atoms with Gasteiger partial charge in [-0.3, -0.25) is 0 Å². The van der Waals surface area contributed by atoms with E-state index in [0.717, 1.165) is 17.4 Å². The van der Waals surface area contributed by atoms with E-state index in [1.807, 2.05) is 24.3 Å². The van der Waals surface area contributed by atoms with Crippen LogP contribution in [0.15, 0.2) is 53.6 Å². The molecule has 0 amide bonds. The molecule has 1 aliphatic heterocycles. The van der Waals surface area contributed by atoms with Crippen LogP contribution < -0.4 is 0 Å². The molecule has 2 aromatic rings. The van der Waals surface area contributed by atoms with Crippen molar-refractivity contribution in [2.45, 2.75) is 12.5 Å². The summed E-state index contributed by atoms with van der Waals surface area (Å²) in [5, 5.41) is 5.56. The molecule has 0 saturated carbocycles. The van der Waals surface area contributed by atoms with Crippen LogP contribution in [0.3, 0.4) is 0 Å². The molecule has 0 saturated heterocycles. The zero-order valence-corrected chi connectivity index (χ0v) is 14.6.